The van der Waals surface area contributed by atoms with Gasteiger partial charge in [-0.1, -0.05) is 152 Å². The van der Waals surface area contributed by atoms with Crippen molar-refractivity contribution in [3.8, 4) is 33.4 Å². The van der Waals surface area contributed by atoms with E-state index in [1.54, 1.807) is 0 Å². The third kappa shape index (κ3) is 4.04. The third-order valence-electron chi connectivity index (χ3n) is 10.5. The fraction of sp³-hybridized carbons (Fsp3) is 0. The quantitative estimate of drug-likeness (QED) is 0.164. The van der Waals surface area contributed by atoms with Crippen molar-refractivity contribution >= 4 is 95.3 Å². The normalized spacial score (nSPS) is 12.0. The fourth-order valence-corrected chi connectivity index (χ4v) is 10.7. The molecule has 11 rings (SSSR count). The molecule has 0 N–H and O–H groups in total. The van der Waals surface area contributed by atoms with Crippen LogP contribution in [-0.2, 0) is 0 Å². The van der Waals surface area contributed by atoms with Crippen LogP contribution in [-0.4, -0.2) is 0 Å². The number of thiophene rings is 2. The molecular weight excluding hydrogens is 641 g/mol. The number of benzene rings is 9. The number of rotatable bonds is 3. The first kappa shape index (κ1) is 28.1. The first-order valence-electron chi connectivity index (χ1n) is 17.1. The Kier molecular flexibility index (Phi) is 6.09. The van der Waals surface area contributed by atoms with Crippen molar-refractivity contribution in [3.05, 3.63) is 170 Å². The van der Waals surface area contributed by atoms with Crippen LogP contribution in [0.1, 0.15) is 0 Å². The van der Waals surface area contributed by atoms with Crippen molar-refractivity contribution in [1.82, 2.24) is 0 Å². The van der Waals surface area contributed by atoms with Crippen LogP contribution in [0.15, 0.2) is 170 Å². The molecule has 2 heterocycles. The highest BCUT2D eigenvalue weighted by Gasteiger charge is 2.20. The summed E-state index contributed by atoms with van der Waals surface area (Å²) < 4.78 is 5.40. The predicted octanol–water partition coefficient (Wildman–Crippen LogP) is 14.9. The summed E-state index contributed by atoms with van der Waals surface area (Å²) in [5.41, 5.74) is 7.68. The Labute approximate surface area is 297 Å². The SMILES string of the molecule is c1ccc2c(-c3c4ccccc4c(-c4ccc(-c5cc6sc7ccccc7c6c6c5sc5ccccc56)cc4)c4ccccc34)cccc2c1. The highest BCUT2D eigenvalue weighted by molar-refractivity contribution is 7.28. The maximum Gasteiger partial charge on any atom is 0.0441 e. The zero-order valence-electron chi connectivity index (χ0n) is 27.0. The molecule has 2 aromatic heterocycles. The van der Waals surface area contributed by atoms with Crippen LogP contribution in [0.2, 0.25) is 0 Å². The molecule has 0 nitrogen and oxygen atoms in total. The Balaban J connectivity index is 1.15. The van der Waals surface area contributed by atoms with E-state index in [-0.39, 0.29) is 0 Å². The summed E-state index contributed by atoms with van der Waals surface area (Å²) in [5, 5.41) is 13.2. The molecule has 0 saturated heterocycles. The molecule has 0 aliphatic rings. The second-order valence-corrected chi connectivity index (χ2v) is 15.3. The van der Waals surface area contributed by atoms with Gasteiger partial charge in [0.1, 0.15) is 0 Å². The molecule has 0 aliphatic heterocycles. The van der Waals surface area contributed by atoms with Crippen LogP contribution in [0.4, 0.5) is 0 Å². The lowest BCUT2D eigenvalue weighted by Crippen LogP contribution is -1.91. The van der Waals surface area contributed by atoms with Gasteiger partial charge in [-0.15, -0.1) is 22.7 Å². The molecule has 0 atom stereocenters. The molecule has 232 valence electrons. The van der Waals surface area contributed by atoms with Gasteiger partial charge in [-0.05, 0) is 78.3 Å². The molecule has 0 saturated carbocycles. The van der Waals surface area contributed by atoms with E-state index in [1.807, 2.05) is 22.7 Å². The van der Waals surface area contributed by atoms with Crippen molar-refractivity contribution in [2.75, 3.05) is 0 Å². The van der Waals surface area contributed by atoms with Crippen LogP contribution in [0.3, 0.4) is 0 Å². The summed E-state index contributed by atoms with van der Waals surface area (Å²) in [5.74, 6) is 0. The van der Waals surface area contributed by atoms with Gasteiger partial charge in [-0.25, -0.2) is 0 Å². The number of fused-ring (bicyclic) bond motifs is 10. The summed E-state index contributed by atoms with van der Waals surface area (Å²) in [6.45, 7) is 0. The second-order valence-electron chi connectivity index (χ2n) is 13.1. The first-order chi connectivity index (χ1) is 24.8. The van der Waals surface area contributed by atoms with Crippen LogP contribution in [0.25, 0.3) is 106 Å². The van der Waals surface area contributed by atoms with Crippen molar-refractivity contribution in [2.24, 2.45) is 0 Å². The summed E-state index contributed by atoms with van der Waals surface area (Å²) in [7, 11) is 0. The highest BCUT2D eigenvalue weighted by Crippen LogP contribution is 2.49. The average molecular weight is 669 g/mol. The van der Waals surface area contributed by atoms with Gasteiger partial charge < -0.3 is 0 Å². The van der Waals surface area contributed by atoms with E-state index < -0.39 is 0 Å². The van der Waals surface area contributed by atoms with Gasteiger partial charge in [0.2, 0.25) is 0 Å². The maximum atomic E-state index is 2.44. The van der Waals surface area contributed by atoms with Gasteiger partial charge in [-0.2, -0.15) is 0 Å². The number of hydrogen-bond acceptors (Lipinski definition) is 2. The lowest BCUT2D eigenvalue weighted by molar-refractivity contribution is 1.65. The Hall–Kier alpha value is -5.80. The lowest BCUT2D eigenvalue weighted by Gasteiger charge is -2.19. The molecule has 0 fully saturated rings. The van der Waals surface area contributed by atoms with Gasteiger partial charge in [0, 0.05) is 45.9 Å². The van der Waals surface area contributed by atoms with Gasteiger partial charge in [0.15, 0.2) is 0 Å². The Bertz CT molecular complexity index is 3080. The van der Waals surface area contributed by atoms with Crippen molar-refractivity contribution in [3.63, 3.8) is 0 Å². The first-order valence-corrected chi connectivity index (χ1v) is 18.7. The van der Waals surface area contributed by atoms with E-state index in [0.717, 1.165) is 0 Å². The summed E-state index contributed by atoms with van der Waals surface area (Å²) >= 11 is 3.82. The van der Waals surface area contributed by atoms with Crippen molar-refractivity contribution in [2.45, 2.75) is 0 Å². The van der Waals surface area contributed by atoms with E-state index in [9.17, 15) is 0 Å². The van der Waals surface area contributed by atoms with Crippen LogP contribution in [0.5, 0.6) is 0 Å². The van der Waals surface area contributed by atoms with Gasteiger partial charge in [0.25, 0.3) is 0 Å². The molecule has 50 heavy (non-hydrogen) atoms. The Morgan fingerprint density at radius 1 is 0.300 bits per heavy atom. The van der Waals surface area contributed by atoms with Crippen molar-refractivity contribution < 1.29 is 0 Å². The minimum Gasteiger partial charge on any atom is -0.135 e. The molecule has 0 amide bonds. The van der Waals surface area contributed by atoms with Gasteiger partial charge >= 0.3 is 0 Å². The van der Waals surface area contributed by atoms with Crippen LogP contribution in [0, 0.1) is 0 Å². The van der Waals surface area contributed by atoms with E-state index >= 15 is 0 Å². The molecule has 9 aromatic carbocycles. The molecule has 0 aliphatic carbocycles. The zero-order valence-corrected chi connectivity index (χ0v) is 28.6. The fourth-order valence-electron chi connectivity index (χ4n) is 8.31. The van der Waals surface area contributed by atoms with E-state index in [4.69, 9.17) is 0 Å². The van der Waals surface area contributed by atoms with Crippen LogP contribution < -0.4 is 0 Å². The third-order valence-corrected chi connectivity index (χ3v) is 12.8. The predicted molar refractivity (Wildman–Crippen MR) is 221 cm³/mol. The van der Waals surface area contributed by atoms with Crippen LogP contribution >= 0.6 is 22.7 Å². The maximum absolute atomic E-state index is 2.44. The molecule has 0 bridgehead atoms. The standard InChI is InChI=1S/C48H28S2/c1-2-14-32-29(12-1)13-11-21-33(32)45-36-17-5-3-15-34(36)44(35-16-4-6-18-37(35)45)31-26-24-30(25-27-31)40-28-43-46(38-19-7-9-22-41(38)49-43)47-39-20-8-10-23-42(39)50-48(40)47/h1-28H. The van der Waals surface area contributed by atoms with E-state index in [2.05, 4.69) is 170 Å². The van der Waals surface area contributed by atoms with Gasteiger partial charge in [-0.3, -0.25) is 0 Å². The Morgan fingerprint density at radius 3 is 1.48 bits per heavy atom. The second kappa shape index (κ2) is 10.9. The minimum atomic E-state index is 1.24. The molecule has 0 unspecified atom stereocenters. The zero-order chi connectivity index (χ0) is 32.8. The number of hydrogen-bond donors (Lipinski definition) is 0. The van der Waals surface area contributed by atoms with E-state index in [0.29, 0.717) is 0 Å². The molecular formula is C48H28S2. The average Bonchev–Trinajstić information content (AvgIpc) is 3.75. The van der Waals surface area contributed by atoms with Crippen molar-refractivity contribution in [1.29, 1.82) is 0 Å². The highest BCUT2D eigenvalue weighted by atomic mass is 32.1. The minimum absolute atomic E-state index is 1.24. The smallest absolute Gasteiger partial charge is 0.0441 e. The molecule has 0 spiro atoms. The largest absolute Gasteiger partial charge is 0.135 e. The summed E-state index contributed by atoms with van der Waals surface area (Å²) in [4.78, 5) is 0. The summed E-state index contributed by atoms with van der Waals surface area (Å²) in [6, 6.07) is 62.9. The lowest BCUT2D eigenvalue weighted by atomic mass is 9.84. The Morgan fingerprint density at radius 2 is 0.800 bits per heavy atom. The molecule has 0 radical (unpaired) electrons. The summed E-state index contributed by atoms with van der Waals surface area (Å²) in [6.07, 6.45) is 0. The molecule has 11 aromatic rings. The van der Waals surface area contributed by atoms with E-state index in [1.165, 1.54) is 106 Å². The topological polar surface area (TPSA) is 0 Å². The van der Waals surface area contributed by atoms with Gasteiger partial charge in [0.05, 0.1) is 0 Å². The molecule has 2 heteroatoms. The monoisotopic (exact) mass is 668 g/mol.